The molecular formula is C24H34O7. The molecule has 4 aliphatic carbocycles. The Bertz CT molecular complexity index is 847. The Labute approximate surface area is 183 Å². The lowest BCUT2D eigenvalue weighted by molar-refractivity contribution is -0.279. The van der Waals surface area contributed by atoms with Crippen molar-refractivity contribution in [1.82, 2.24) is 0 Å². The van der Waals surface area contributed by atoms with E-state index in [0.29, 0.717) is 12.8 Å². The number of carbonyl (C=O) groups excluding carboxylic acids is 3. The average Bonchev–Trinajstić information content (AvgIpc) is 2.76. The molecule has 9 atom stereocenters. The van der Waals surface area contributed by atoms with Crippen molar-refractivity contribution in [2.24, 2.45) is 34.0 Å². The van der Waals surface area contributed by atoms with Crippen LogP contribution in [0.15, 0.2) is 12.2 Å². The molecule has 1 spiro atoms. The standard InChI is InChI=1S/C24H34O7/c1-11-14-9-15(30-12(2)25)19-23(6)16(10-17(27)24(19,20(11)28)21(14)29)22(4,5)8-7-18(23)31-13(3)26/h14-19,21,27,29H,1,7-10H2,2-6H3/t14-,15?,16+,17?,18+,19?,21?,23-,24?/m0/s1. The Morgan fingerprint density at radius 1 is 1.06 bits per heavy atom. The van der Waals surface area contributed by atoms with Crippen LogP contribution in [0.25, 0.3) is 0 Å². The maximum Gasteiger partial charge on any atom is 0.302 e. The monoisotopic (exact) mass is 434 g/mol. The third-order valence-corrected chi connectivity index (χ3v) is 9.12. The number of carbonyl (C=O) groups is 3. The highest BCUT2D eigenvalue weighted by Gasteiger charge is 2.78. The summed E-state index contributed by atoms with van der Waals surface area (Å²) in [6.07, 6.45) is -1.46. The summed E-state index contributed by atoms with van der Waals surface area (Å²) in [4.78, 5) is 37.7. The van der Waals surface area contributed by atoms with Crippen molar-refractivity contribution in [2.45, 2.75) is 84.7 Å². The molecule has 2 N–H and O–H groups in total. The molecule has 7 nitrogen and oxygen atoms in total. The Hall–Kier alpha value is -1.73. The Balaban J connectivity index is 1.97. The van der Waals surface area contributed by atoms with Crippen molar-refractivity contribution >= 4 is 17.7 Å². The predicted octanol–water partition coefficient (Wildman–Crippen LogP) is 2.18. The summed E-state index contributed by atoms with van der Waals surface area (Å²) in [5.74, 6) is -2.60. The van der Waals surface area contributed by atoms with Crippen molar-refractivity contribution in [3.63, 3.8) is 0 Å². The fourth-order valence-electron chi connectivity index (χ4n) is 8.04. The van der Waals surface area contributed by atoms with Crippen LogP contribution in [-0.4, -0.2) is 52.4 Å². The Morgan fingerprint density at radius 2 is 1.68 bits per heavy atom. The molecule has 172 valence electrons. The van der Waals surface area contributed by atoms with Crippen molar-refractivity contribution in [3.8, 4) is 0 Å². The van der Waals surface area contributed by atoms with Crippen LogP contribution < -0.4 is 0 Å². The van der Waals surface area contributed by atoms with Gasteiger partial charge in [-0.3, -0.25) is 14.4 Å². The number of aliphatic hydroxyl groups excluding tert-OH is 2. The number of fused-ring (bicyclic) bond motifs is 3. The minimum atomic E-state index is -1.52. The molecule has 0 saturated heterocycles. The third kappa shape index (κ3) is 2.75. The highest BCUT2D eigenvalue weighted by atomic mass is 16.6. The molecular weight excluding hydrogens is 400 g/mol. The zero-order valence-electron chi connectivity index (χ0n) is 19.0. The van der Waals surface area contributed by atoms with Crippen LogP contribution in [0.3, 0.4) is 0 Å². The molecule has 0 aromatic carbocycles. The van der Waals surface area contributed by atoms with Gasteiger partial charge < -0.3 is 19.7 Å². The number of aliphatic hydroxyl groups is 2. The lowest BCUT2D eigenvalue weighted by Crippen LogP contribution is -2.73. The molecule has 0 amide bonds. The van der Waals surface area contributed by atoms with Crippen LogP contribution in [0.1, 0.15) is 60.3 Å². The van der Waals surface area contributed by atoms with E-state index in [4.69, 9.17) is 9.47 Å². The number of hydrogen-bond acceptors (Lipinski definition) is 7. The second kappa shape index (κ2) is 6.88. The van der Waals surface area contributed by atoms with Gasteiger partial charge in [-0.2, -0.15) is 0 Å². The van der Waals surface area contributed by atoms with E-state index >= 15 is 0 Å². The summed E-state index contributed by atoms with van der Waals surface area (Å²) in [6, 6.07) is 0. The van der Waals surface area contributed by atoms with Crippen LogP contribution in [0.4, 0.5) is 0 Å². The van der Waals surface area contributed by atoms with E-state index in [9.17, 15) is 24.6 Å². The fraction of sp³-hybridized carbons (Fsp3) is 0.792. The van der Waals surface area contributed by atoms with Gasteiger partial charge in [0.05, 0.1) is 17.6 Å². The van der Waals surface area contributed by atoms with Gasteiger partial charge in [-0.15, -0.1) is 0 Å². The fourth-order valence-corrected chi connectivity index (χ4v) is 8.04. The van der Waals surface area contributed by atoms with E-state index in [2.05, 4.69) is 20.4 Å². The largest absolute Gasteiger partial charge is 0.462 e. The molecule has 5 unspecified atom stereocenters. The highest BCUT2D eigenvalue weighted by Crippen LogP contribution is 2.71. The van der Waals surface area contributed by atoms with Crippen molar-refractivity contribution in [2.75, 3.05) is 0 Å². The highest BCUT2D eigenvalue weighted by molar-refractivity contribution is 6.04. The normalized spacial score (nSPS) is 47.9. The third-order valence-electron chi connectivity index (χ3n) is 9.12. The zero-order valence-corrected chi connectivity index (χ0v) is 19.0. The second-order valence-corrected chi connectivity index (χ2v) is 11.0. The van der Waals surface area contributed by atoms with E-state index in [1.807, 2.05) is 6.92 Å². The molecule has 31 heavy (non-hydrogen) atoms. The van der Waals surface area contributed by atoms with E-state index in [-0.39, 0.29) is 29.1 Å². The summed E-state index contributed by atoms with van der Waals surface area (Å²) < 4.78 is 11.6. The van der Waals surface area contributed by atoms with Gasteiger partial charge in [-0.25, -0.2) is 0 Å². The van der Waals surface area contributed by atoms with Gasteiger partial charge >= 0.3 is 11.9 Å². The second-order valence-electron chi connectivity index (χ2n) is 11.0. The van der Waals surface area contributed by atoms with Gasteiger partial charge in [0.15, 0.2) is 5.78 Å². The number of hydrogen-bond donors (Lipinski definition) is 2. The lowest BCUT2D eigenvalue weighted by atomic mass is 9.38. The summed E-state index contributed by atoms with van der Waals surface area (Å²) in [6.45, 7) is 12.9. The average molecular weight is 435 g/mol. The molecule has 0 heterocycles. The summed E-state index contributed by atoms with van der Waals surface area (Å²) in [5, 5.41) is 22.8. The number of ether oxygens (including phenoxy) is 2. The Kier molecular flexibility index (Phi) is 4.99. The molecule has 4 rings (SSSR count). The van der Waals surface area contributed by atoms with Crippen LogP contribution in [0.2, 0.25) is 0 Å². The van der Waals surface area contributed by atoms with Gasteiger partial charge in [0.2, 0.25) is 0 Å². The number of esters is 2. The van der Waals surface area contributed by atoms with E-state index < -0.39 is 59.0 Å². The Morgan fingerprint density at radius 3 is 2.26 bits per heavy atom. The molecule has 2 bridgehead atoms. The van der Waals surface area contributed by atoms with Gasteiger partial charge in [-0.05, 0) is 42.6 Å². The van der Waals surface area contributed by atoms with Crippen LogP contribution in [0.5, 0.6) is 0 Å². The molecule has 0 aromatic heterocycles. The summed E-state index contributed by atoms with van der Waals surface area (Å²) in [5.41, 5.74) is -2.21. The molecule has 4 fully saturated rings. The van der Waals surface area contributed by atoms with Crippen molar-refractivity contribution in [3.05, 3.63) is 12.2 Å². The summed E-state index contributed by atoms with van der Waals surface area (Å²) in [7, 11) is 0. The van der Waals surface area contributed by atoms with Crippen LogP contribution in [0, 0.1) is 34.0 Å². The topological polar surface area (TPSA) is 110 Å². The van der Waals surface area contributed by atoms with Crippen LogP contribution >= 0.6 is 0 Å². The lowest BCUT2D eigenvalue weighted by Gasteiger charge is -2.67. The molecule has 0 radical (unpaired) electrons. The molecule has 7 heteroatoms. The predicted molar refractivity (Wildman–Crippen MR) is 111 cm³/mol. The van der Waals surface area contributed by atoms with E-state index in [1.54, 1.807) is 0 Å². The molecule has 0 aliphatic heterocycles. The van der Waals surface area contributed by atoms with Crippen LogP contribution in [-0.2, 0) is 23.9 Å². The minimum absolute atomic E-state index is 0.104. The number of ketones is 1. The minimum Gasteiger partial charge on any atom is -0.462 e. The first-order valence-electron chi connectivity index (χ1n) is 11.2. The SMILES string of the molecule is C=C1C(=O)C23C(O)C[C@@H]4C(C)(C)CC[C@@H](OC(C)=O)[C@@]4(C)C2C(OC(C)=O)C[C@@H]1C3O. The van der Waals surface area contributed by atoms with Gasteiger partial charge in [0.1, 0.15) is 12.2 Å². The zero-order chi connectivity index (χ0) is 23.1. The maximum atomic E-state index is 13.6. The maximum absolute atomic E-state index is 13.6. The quantitative estimate of drug-likeness (QED) is 0.506. The van der Waals surface area contributed by atoms with Crippen molar-refractivity contribution < 1.29 is 34.1 Å². The smallest absolute Gasteiger partial charge is 0.302 e. The van der Waals surface area contributed by atoms with Gasteiger partial charge in [-0.1, -0.05) is 27.4 Å². The van der Waals surface area contributed by atoms with E-state index in [0.717, 1.165) is 6.42 Å². The number of Topliss-reactive ketones (excluding diaryl/α,β-unsaturated/α-hetero) is 1. The first-order valence-corrected chi connectivity index (χ1v) is 11.2. The van der Waals surface area contributed by atoms with E-state index in [1.165, 1.54) is 13.8 Å². The molecule has 4 aliphatic rings. The number of rotatable bonds is 2. The summed E-state index contributed by atoms with van der Waals surface area (Å²) >= 11 is 0. The van der Waals surface area contributed by atoms with Gasteiger partial charge in [0, 0.05) is 31.1 Å². The first-order chi connectivity index (χ1) is 14.3. The van der Waals surface area contributed by atoms with Gasteiger partial charge in [0.25, 0.3) is 0 Å². The molecule has 0 aromatic rings. The first kappa shape index (κ1) is 22.5. The molecule has 4 saturated carbocycles. The van der Waals surface area contributed by atoms with Crippen molar-refractivity contribution in [1.29, 1.82) is 0 Å².